The Labute approximate surface area is 98.0 Å². The molecule has 1 saturated heterocycles. The van der Waals surface area contributed by atoms with E-state index in [2.05, 4.69) is 44.3 Å². The Balaban J connectivity index is 2.00. The summed E-state index contributed by atoms with van der Waals surface area (Å²) in [7, 11) is 0. The molecule has 0 bridgehead atoms. The molecule has 0 radical (unpaired) electrons. The van der Waals surface area contributed by atoms with Crippen LogP contribution in [-0.4, -0.2) is 19.2 Å². The molecule has 1 N–H and O–H groups in total. The largest absolute Gasteiger partial charge is 0.492 e. The van der Waals surface area contributed by atoms with Crippen molar-refractivity contribution in [1.82, 2.24) is 5.32 Å². The quantitative estimate of drug-likeness (QED) is 0.840. The first-order chi connectivity index (χ1) is 7.66. The third-order valence-corrected chi connectivity index (χ3v) is 3.25. The smallest absolute Gasteiger partial charge is 0.119 e. The summed E-state index contributed by atoms with van der Waals surface area (Å²) in [6.45, 7) is 8.53. The van der Waals surface area contributed by atoms with Gasteiger partial charge in [0.2, 0.25) is 0 Å². The van der Waals surface area contributed by atoms with Gasteiger partial charge < -0.3 is 10.1 Å². The van der Waals surface area contributed by atoms with E-state index in [1.54, 1.807) is 0 Å². The molecule has 1 atom stereocenters. The number of ether oxygens (including phenoxy) is 1. The highest BCUT2D eigenvalue weighted by atomic mass is 16.5. The molecule has 2 nitrogen and oxygen atoms in total. The SMILES string of the molecule is Cc1ccc(OCC2CCN2)cc1C(C)C. The van der Waals surface area contributed by atoms with Gasteiger partial charge in [0.1, 0.15) is 12.4 Å². The van der Waals surface area contributed by atoms with E-state index in [0.29, 0.717) is 12.0 Å². The molecule has 0 saturated carbocycles. The van der Waals surface area contributed by atoms with Gasteiger partial charge in [0.25, 0.3) is 0 Å². The molecule has 1 aliphatic rings. The Bertz CT molecular complexity index is 356. The molecule has 1 unspecified atom stereocenters. The van der Waals surface area contributed by atoms with E-state index >= 15 is 0 Å². The fourth-order valence-corrected chi connectivity index (χ4v) is 2.02. The summed E-state index contributed by atoms with van der Waals surface area (Å²) in [5.74, 6) is 1.56. The molecule has 1 fully saturated rings. The second kappa shape index (κ2) is 4.88. The molecular weight excluding hydrogens is 198 g/mol. The van der Waals surface area contributed by atoms with Crippen molar-refractivity contribution in [3.05, 3.63) is 29.3 Å². The minimum absolute atomic E-state index is 0.559. The lowest BCUT2D eigenvalue weighted by Crippen LogP contribution is -2.46. The van der Waals surface area contributed by atoms with Crippen LogP contribution in [0.1, 0.15) is 37.3 Å². The summed E-state index contributed by atoms with van der Waals surface area (Å²) >= 11 is 0. The van der Waals surface area contributed by atoms with Crippen molar-refractivity contribution in [2.24, 2.45) is 0 Å². The summed E-state index contributed by atoms with van der Waals surface area (Å²) in [4.78, 5) is 0. The highest BCUT2D eigenvalue weighted by Gasteiger charge is 2.16. The number of aryl methyl sites for hydroxylation is 1. The second-order valence-corrected chi connectivity index (χ2v) is 4.92. The van der Waals surface area contributed by atoms with E-state index in [0.717, 1.165) is 18.9 Å². The van der Waals surface area contributed by atoms with Crippen LogP contribution in [0.2, 0.25) is 0 Å². The lowest BCUT2D eigenvalue weighted by molar-refractivity contribution is 0.217. The summed E-state index contributed by atoms with van der Waals surface area (Å²) < 4.78 is 5.79. The predicted octanol–water partition coefficient (Wildman–Crippen LogP) is 2.86. The Hall–Kier alpha value is -1.02. The monoisotopic (exact) mass is 219 g/mol. The molecule has 1 heterocycles. The number of benzene rings is 1. The summed E-state index contributed by atoms with van der Waals surface area (Å²) in [6, 6.07) is 6.96. The predicted molar refractivity (Wildman–Crippen MR) is 67.2 cm³/mol. The molecule has 0 spiro atoms. The molecule has 88 valence electrons. The van der Waals surface area contributed by atoms with E-state index in [-0.39, 0.29) is 0 Å². The van der Waals surface area contributed by atoms with Gasteiger partial charge >= 0.3 is 0 Å². The van der Waals surface area contributed by atoms with Gasteiger partial charge in [-0.15, -0.1) is 0 Å². The number of nitrogens with one attached hydrogen (secondary N) is 1. The van der Waals surface area contributed by atoms with Gasteiger partial charge in [-0.05, 0) is 49.1 Å². The van der Waals surface area contributed by atoms with Gasteiger partial charge in [-0.3, -0.25) is 0 Å². The average molecular weight is 219 g/mol. The molecule has 1 aliphatic heterocycles. The maximum Gasteiger partial charge on any atom is 0.119 e. The summed E-state index contributed by atoms with van der Waals surface area (Å²) in [5.41, 5.74) is 2.74. The minimum Gasteiger partial charge on any atom is -0.492 e. The number of hydrogen-bond donors (Lipinski definition) is 1. The van der Waals surface area contributed by atoms with Crippen LogP contribution in [0.15, 0.2) is 18.2 Å². The molecule has 0 aliphatic carbocycles. The first-order valence-corrected chi connectivity index (χ1v) is 6.13. The van der Waals surface area contributed by atoms with Crippen LogP contribution in [0.5, 0.6) is 5.75 Å². The Morgan fingerprint density at radius 1 is 1.44 bits per heavy atom. The third kappa shape index (κ3) is 2.56. The van der Waals surface area contributed by atoms with Crippen LogP contribution in [-0.2, 0) is 0 Å². The molecule has 2 heteroatoms. The Kier molecular flexibility index (Phi) is 3.49. The zero-order valence-corrected chi connectivity index (χ0v) is 10.4. The molecule has 2 rings (SSSR count). The van der Waals surface area contributed by atoms with Crippen LogP contribution >= 0.6 is 0 Å². The van der Waals surface area contributed by atoms with Gasteiger partial charge in [-0.1, -0.05) is 19.9 Å². The standard InChI is InChI=1S/C14H21NO/c1-10(2)14-8-13(5-4-11(14)3)16-9-12-6-7-15-12/h4-5,8,10,12,15H,6-7,9H2,1-3H3. The van der Waals surface area contributed by atoms with Gasteiger partial charge in [0.05, 0.1) is 0 Å². The summed E-state index contributed by atoms with van der Waals surface area (Å²) in [6.07, 6.45) is 1.24. The molecule has 16 heavy (non-hydrogen) atoms. The van der Waals surface area contributed by atoms with Crippen LogP contribution in [0.25, 0.3) is 0 Å². The molecule has 1 aromatic carbocycles. The van der Waals surface area contributed by atoms with E-state index in [1.807, 2.05) is 0 Å². The highest BCUT2D eigenvalue weighted by Crippen LogP contribution is 2.24. The van der Waals surface area contributed by atoms with Crippen molar-refractivity contribution in [2.75, 3.05) is 13.2 Å². The first-order valence-electron chi connectivity index (χ1n) is 6.13. The molecular formula is C14H21NO. The molecule has 0 aromatic heterocycles. The van der Waals surface area contributed by atoms with E-state index in [9.17, 15) is 0 Å². The van der Waals surface area contributed by atoms with Gasteiger partial charge in [0, 0.05) is 6.04 Å². The van der Waals surface area contributed by atoms with Crippen molar-refractivity contribution in [3.63, 3.8) is 0 Å². The van der Waals surface area contributed by atoms with Crippen LogP contribution in [0, 0.1) is 6.92 Å². The van der Waals surface area contributed by atoms with Crippen molar-refractivity contribution >= 4 is 0 Å². The summed E-state index contributed by atoms with van der Waals surface area (Å²) in [5, 5.41) is 3.34. The van der Waals surface area contributed by atoms with E-state index in [1.165, 1.54) is 17.5 Å². The first kappa shape index (κ1) is 11.5. The van der Waals surface area contributed by atoms with E-state index < -0.39 is 0 Å². The normalized spacial score (nSPS) is 19.6. The highest BCUT2D eigenvalue weighted by molar-refractivity contribution is 5.36. The van der Waals surface area contributed by atoms with Gasteiger partial charge in [-0.25, -0.2) is 0 Å². The van der Waals surface area contributed by atoms with Crippen LogP contribution < -0.4 is 10.1 Å². The van der Waals surface area contributed by atoms with Crippen LogP contribution in [0.4, 0.5) is 0 Å². The van der Waals surface area contributed by atoms with Gasteiger partial charge in [-0.2, -0.15) is 0 Å². The minimum atomic E-state index is 0.559. The Morgan fingerprint density at radius 2 is 2.19 bits per heavy atom. The fourth-order valence-electron chi connectivity index (χ4n) is 2.02. The maximum atomic E-state index is 5.79. The van der Waals surface area contributed by atoms with Crippen molar-refractivity contribution in [1.29, 1.82) is 0 Å². The molecule has 0 amide bonds. The van der Waals surface area contributed by atoms with Crippen molar-refractivity contribution in [3.8, 4) is 5.75 Å². The van der Waals surface area contributed by atoms with Crippen molar-refractivity contribution < 1.29 is 4.74 Å². The zero-order chi connectivity index (χ0) is 11.5. The topological polar surface area (TPSA) is 21.3 Å². The lowest BCUT2D eigenvalue weighted by Gasteiger charge is -2.27. The zero-order valence-electron chi connectivity index (χ0n) is 10.4. The van der Waals surface area contributed by atoms with Gasteiger partial charge in [0.15, 0.2) is 0 Å². The number of rotatable bonds is 4. The third-order valence-electron chi connectivity index (χ3n) is 3.25. The Morgan fingerprint density at radius 3 is 2.75 bits per heavy atom. The van der Waals surface area contributed by atoms with Crippen molar-refractivity contribution in [2.45, 2.75) is 39.2 Å². The lowest BCUT2D eigenvalue weighted by atomic mass is 9.98. The second-order valence-electron chi connectivity index (χ2n) is 4.92. The average Bonchev–Trinajstić information content (AvgIpc) is 2.17. The van der Waals surface area contributed by atoms with Crippen LogP contribution in [0.3, 0.4) is 0 Å². The maximum absolute atomic E-state index is 5.79. The molecule has 1 aromatic rings. The van der Waals surface area contributed by atoms with E-state index in [4.69, 9.17) is 4.74 Å². The fraction of sp³-hybridized carbons (Fsp3) is 0.571. The number of hydrogen-bond acceptors (Lipinski definition) is 2.